The standard InChI is InChI=1S/C10H14N2S/c1-4-10(3,11)6-5-9-7-13-8(2)12-9/h7H,4,11H2,1-3H3. The first kappa shape index (κ1) is 10.2. The van der Waals surface area contributed by atoms with Gasteiger partial charge in [0.1, 0.15) is 5.69 Å². The molecule has 1 atom stereocenters. The maximum Gasteiger partial charge on any atom is 0.124 e. The summed E-state index contributed by atoms with van der Waals surface area (Å²) in [4.78, 5) is 4.24. The van der Waals surface area contributed by atoms with Gasteiger partial charge in [0.05, 0.1) is 10.5 Å². The van der Waals surface area contributed by atoms with E-state index < -0.39 is 5.54 Å². The summed E-state index contributed by atoms with van der Waals surface area (Å²) in [5, 5.41) is 2.99. The van der Waals surface area contributed by atoms with E-state index in [0.717, 1.165) is 17.1 Å². The van der Waals surface area contributed by atoms with Crippen LogP contribution in [0.15, 0.2) is 5.38 Å². The van der Waals surface area contributed by atoms with Crippen LogP contribution >= 0.6 is 11.3 Å². The number of thiazole rings is 1. The van der Waals surface area contributed by atoms with Crippen LogP contribution in [-0.4, -0.2) is 10.5 Å². The fourth-order valence-electron chi connectivity index (χ4n) is 0.716. The molecular weight excluding hydrogens is 180 g/mol. The van der Waals surface area contributed by atoms with Crippen molar-refractivity contribution < 1.29 is 0 Å². The van der Waals surface area contributed by atoms with Crippen molar-refractivity contribution in [2.45, 2.75) is 32.7 Å². The lowest BCUT2D eigenvalue weighted by Gasteiger charge is -2.12. The molecule has 2 nitrogen and oxygen atoms in total. The van der Waals surface area contributed by atoms with E-state index in [1.807, 2.05) is 26.2 Å². The molecule has 1 aromatic heterocycles. The lowest BCUT2D eigenvalue weighted by molar-refractivity contribution is 0.586. The zero-order valence-electron chi connectivity index (χ0n) is 8.22. The Kier molecular flexibility index (Phi) is 3.07. The maximum atomic E-state index is 5.87. The Hall–Kier alpha value is -0.850. The van der Waals surface area contributed by atoms with Gasteiger partial charge in [-0.2, -0.15) is 0 Å². The molecule has 0 radical (unpaired) electrons. The van der Waals surface area contributed by atoms with Gasteiger partial charge in [0.15, 0.2) is 0 Å². The van der Waals surface area contributed by atoms with E-state index in [4.69, 9.17) is 5.73 Å². The molecule has 0 aromatic carbocycles. The summed E-state index contributed by atoms with van der Waals surface area (Å²) in [5.41, 5.74) is 6.31. The van der Waals surface area contributed by atoms with Gasteiger partial charge in [-0.15, -0.1) is 11.3 Å². The summed E-state index contributed by atoms with van der Waals surface area (Å²) in [5.74, 6) is 5.99. The molecule has 1 rings (SSSR count). The molecule has 70 valence electrons. The quantitative estimate of drug-likeness (QED) is 0.694. The number of nitrogens with two attached hydrogens (primary N) is 1. The summed E-state index contributed by atoms with van der Waals surface area (Å²) in [6.45, 7) is 5.93. The van der Waals surface area contributed by atoms with Crippen molar-refractivity contribution in [2.24, 2.45) is 5.73 Å². The van der Waals surface area contributed by atoms with Gasteiger partial charge >= 0.3 is 0 Å². The number of rotatable bonds is 1. The highest BCUT2D eigenvalue weighted by molar-refractivity contribution is 7.09. The van der Waals surface area contributed by atoms with Crippen LogP contribution in [0, 0.1) is 18.8 Å². The summed E-state index contributed by atoms with van der Waals surface area (Å²) < 4.78 is 0. The molecule has 3 heteroatoms. The Balaban J connectivity index is 2.78. The van der Waals surface area contributed by atoms with Crippen molar-refractivity contribution in [3.05, 3.63) is 16.1 Å². The Bertz CT molecular complexity index is 341. The second-order valence-electron chi connectivity index (χ2n) is 3.27. The monoisotopic (exact) mass is 194 g/mol. The normalized spacial score (nSPS) is 14.5. The molecule has 0 aliphatic heterocycles. The van der Waals surface area contributed by atoms with Gasteiger partial charge in [0.25, 0.3) is 0 Å². The van der Waals surface area contributed by atoms with Crippen LogP contribution in [0.2, 0.25) is 0 Å². The van der Waals surface area contributed by atoms with Gasteiger partial charge < -0.3 is 5.73 Å². The van der Waals surface area contributed by atoms with Crippen molar-refractivity contribution in [1.29, 1.82) is 0 Å². The Morgan fingerprint density at radius 3 is 2.85 bits per heavy atom. The molecule has 0 fully saturated rings. The molecule has 1 unspecified atom stereocenters. The molecule has 0 saturated carbocycles. The zero-order chi connectivity index (χ0) is 9.90. The zero-order valence-corrected chi connectivity index (χ0v) is 9.03. The molecule has 0 bridgehead atoms. The third-order valence-electron chi connectivity index (χ3n) is 1.83. The Morgan fingerprint density at radius 1 is 1.69 bits per heavy atom. The molecule has 0 saturated heterocycles. The third-order valence-corrected chi connectivity index (χ3v) is 2.60. The van der Waals surface area contributed by atoms with Gasteiger partial charge in [-0.05, 0) is 26.2 Å². The van der Waals surface area contributed by atoms with E-state index in [2.05, 4.69) is 16.8 Å². The first-order valence-electron chi connectivity index (χ1n) is 4.28. The van der Waals surface area contributed by atoms with Crippen LogP contribution in [0.1, 0.15) is 31.0 Å². The second-order valence-corrected chi connectivity index (χ2v) is 4.34. The van der Waals surface area contributed by atoms with Crippen LogP contribution in [0.25, 0.3) is 0 Å². The predicted molar refractivity (Wildman–Crippen MR) is 56.6 cm³/mol. The second kappa shape index (κ2) is 3.91. The van der Waals surface area contributed by atoms with Crippen LogP contribution < -0.4 is 5.73 Å². The van der Waals surface area contributed by atoms with Crippen molar-refractivity contribution >= 4 is 11.3 Å². The molecule has 0 spiro atoms. The minimum atomic E-state index is -0.391. The van der Waals surface area contributed by atoms with Crippen molar-refractivity contribution in [3.8, 4) is 11.8 Å². The molecule has 0 aliphatic carbocycles. The number of hydrogen-bond donors (Lipinski definition) is 1. The smallest absolute Gasteiger partial charge is 0.124 e. The lowest BCUT2D eigenvalue weighted by atomic mass is 10.0. The summed E-state index contributed by atoms with van der Waals surface area (Å²) in [7, 11) is 0. The highest BCUT2D eigenvalue weighted by Crippen LogP contribution is 2.07. The number of aromatic nitrogens is 1. The van der Waals surface area contributed by atoms with Crippen molar-refractivity contribution in [3.63, 3.8) is 0 Å². The fourth-order valence-corrected chi connectivity index (χ4v) is 1.26. The van der Waals surface area contributed by atoms with Gasteiger partial charge in [-0.3, -0.25) is 0 Å². The number of aryl methyl sites for hydroxylation is 1. The SMILES string of the molecule is CCC(C)(N)C#Cc1csc(C)n1. The van der Waals surface area contributed by atoms with Gasteiger partial charge in [-0.1, -0.05) is 12.8 Å². The fraction of sp³-hybridized carbons (Fsp3) is 0.500. The molecule has 13 heavy (non-hydrogen) atoms. The summed E-state index contributed by atoms with van der Waals surface area (Å²) in [6, 6.07) is 0. The minimum absolute atomic E-state index is 0.391. The Labute approximate surface area is 83.2 Å². The average molecular weight is 194 g/mol. The molecule has 0 aliphatic rings. The van der Waals surface area contributed by atoms with Crippen LogP contribution in [0.5, 0.6) is 0 Å². The summed E-state index contributed by atoms with van der Waals surface area (Å²) >= 11 is 1.61. The van der Waals surface area contributed by atoms with E-state index in [9.17, 15) is 0 Å². The van der Waals surface area contributed by atoms with Gasteiger partial charge in [-0.25, -0.2) is 4.98 Å². The first-order chi connectivity index (χ1) is 6.03. The lowest BCUT2D eigenvalue weighted by Crippen LogP contribution is -2.32. The maximum absolute atomic E-state index is 5.87. The highest BCUT2D eigenvalue weighted by atomic mass is 32.1. The summed E-state index contributed by atoms with van der Waals surface area (Å²) in [6.07, 6.45) is 0.850. The number of nitrogens with zero attached hydrogens (tertiary/aromatic N) is 1. The molecule has 2 N–H and O–H groups in total. The molecule has 1 heterocycles. The number of hydrogen-bond acceptors (Lipinski definition) is 3. The predicted octanol–water partition coefficient (Wildman–Crippen LogP) is 1.93. The first-order valence-corrected chi connectivity index (χ1v) is 5.15. The van der Waals surface area contributed by atoms with Gasteiger partial charge in [0, 0.05) is 5.38 Å². The van der Waals surface area contributed by atoms with E-state index in [0.29, 0.717) is 0 Å². The topological polar surface area (TPSA) is 38.9 Å². The average Bonchev–Trinajstić information content (AvgIpc) is 2.48. The van der Waals surface area contributed by atoms with Crippen LogP contribution in [-0.2, 0) is 0 Å². The Morgan fingerprint density at radius 2 is 2.38 bits per heavy atom. The van der Waals surface area contributed by atoms with Crippen molar-refractivity contribution in [1.82, 2.24) is 4.98 Å². The largest absolute Gasteiger partial charge is 0.315 e. The van der Waals surface area contributed by atoms with Crippen molar-refractivity contribution in [2.75, 3.05) is 0 Å². The van der Waals surface area contributed by atoms with E-state index in [-0.39, 0.29) is 0 Å². The van der Waals surface area contributed by atoms with Crippen LogP contribution in [0.3, 0.4) is 0 Å². The van der Waals surface area contributed by atoms with E-state index >= 15 is 0 Å². The molecule has 0 amide bonds. The van der Waals surface area contributed by atoms with Gasteiger partial charge in [0.2, 0.25) is 0 Å². The minimum Gasteiger partial charge on any atom is -0.315 e. The third kappa shape index (κ3) is 3.17. The van der Waals surface area contributed by atoms with Crippen LogP contribution in [0.4, 0.5) is 0 Å². The molecular formula is C10H14N2S. The highest BCUT2D eigenvalue weighted by Gasteiger charge is 2.10. The molecule has 1 aromatic rings. The van der Waals surface area contributed by atoms with E-state index in [1.54, 1.807) is 11.3 Å². The van der Waals surface area contributed by atoms with E-state index in [1.165, 1.54) is 0 Å².